The van der Waals surface area contributed by atoms with E-state index in [1.165, 1.54) is 6.42 Å². The number of rotatable bonds is 2. The molecule has 1 fully saturated rings. The molecular weight excluding hydrogens is 328 g/mol. The highest BCUT2D eigenvalue weighted by Crippen LogP contribution is 2.39. The smallest absolute Gasteiger partial charge is 0.332 e. The van der Waals surface area contributed by atoms with Gasteiger partial charge in [-0.05, 0) is 30.9 Å². The Labute approximate surface area is 151 Å². The Morgan fingerprint density at radius 2 is 1.62 bits per heavy atom. The maximum Gasteiger partial charge on any atom is 0.332 e. The molecule has 0 unspecified atom stereocenters. The Hall–Kier alpha value is -3.15. The zero-order valence-corrected chi connectivity index (χ0v) is 14.4. The number of amides is 3. The van der Waals surface area contributed by atoms with Crippen molar-refractivity contribution in [2.24, 2.45) is 10.8 Å². The van der Waals surface area contributed by atoms with E-state index in [-0.39, 0.29) is 5.91 Å². The van der Waals surface area contributed by atoms with Crippen LogP contribution >= 0.6 is 0 Å². The number of likely N-dealkylation sites (tertiary alicyclic amines) is 1. The van der Waals surface area contributed by atoms with Crippen molar-refractivity contribution in [2.75, 3.05) is 13.1 Å². The van der Waals surface area contributed by atoms with Crippen molar-refractivity contribution in [1.29, 1.82) is 0 Å². The zero-order chi connectivity index (χ0) is 18.1. The van der Waals surface area contributed by atoms with Gasteiger partial charge in [-0.1, -0.05) is 36.4 Å². The van der Waals surface area contributed by atoms with Gasteiger partial charge in [-0.3, -0.25) is 4.79 Å². The predicted molar refractivity (Wildman–Crippen MR) is 100.0 cm³/mol. The van der Waals surface area contributed by atoms with Gasteiger partial charge in [0.1, 0.15) is 0 Å². The molecule has 4 rings (SSSR count). The second-order valence-electron chi connectivity index (χ2n) is 6.56. The van der Waals surface area contributed by atoms with Gasteiger partial charge in [0, 0.05) is 35.3 Å². The Morgan fingerprint density at radius 1 is 0.923 bits per heavy atom. The molecule has 0 bridgehead atoms. The van der Waals surface area contributed by atoms with Gasteiger partial charge < -0.3 is 10.6 Å². The van der Waals surface area contributed by atoms with Crippen molar-refractivity contribution in [3.63, 3.8) is 0 Å². The van der Waals surface area contributed by atoms with Crippen LogP contribution in [0.5, 0.6) is 0 Å². The average Bonchev–Trinajstić information content (AvgIpc) is 3.00. The fraction of sp³-hybridized carbons (Fsp3) is 0.250. The molecule has 1 aliphatic heterocycles. The first kappa shape index (κ1) is 16.3. The summed E-state index contributed by atoms with van der Waals surface area (Å²) >= 11 is 0. The van der Waals surface area contributed by atoms with Gasteiger partial charge in [-0.25, -0.2) is 10.2 Å². The molecular formula is C20H20N4O2. The van der Waals surface area contributed by atoms with Crippen LogP contribution in [0.15, 0.2) is 47.6 Å². The van der Waals surface area contributed by atoms with Crippen LogP contribution < -0.4 is 11.2 Å². The number of benzene rings is 2. The maximum absolute atomic E-state index is 13.1. The van der Waals surface area contributed by atoms with E-state index in [1.807, 2.05) is 47.4 Å². The van der Waals surface area contributed by atoms with Crippen LogP contribution in [0.1, 0.15) is 40.7 Å². The average molecular weight is 348 g/mol. The van der Waals surface area contributed by atoms with Gasteiger partial charge in [0.05, 0.1) is 5.71 Å². The monoisotopic (exact) mass is 348 g/mol. The summed E-state index contributed by atoms with van der Waals surface area (Å²) in [6.07, 6.45) is 3.27. The van der Waals surface area contributed by atoms with Crippen LogP contribution in [0.25, 0.3) is 11.1 Å². The van der Waals surface area contributed by atoms with Crippen LogP contribution in [-0.4, -0.2) is 35.6 Å². The lowest BCUT2D eigenvalue weighted by Crippen LogP contribution is -2.35. The molecule has 3 N–H and O–H groups in total. The number of fused-ring (bicyclic) bond motifs is 3. The summed E-state index contributed by atoms with van der Waals surface area (Å²) in [6, 6.07) is 12.7. The van der Waals surface area contributed by atoms with Crippen molar-refractivity contribution in [3.8, 4) is 11.1 Å². The van der Waals surface area contributed by atoms with Crippen LogP contribution in [0, 0.1) is 0 Å². The SMILES string of the molecule is NC(=O)NN=C1c2ccccc2-c2c(C(=O)N3CCCCC3)cccc21. The summed E-state index contributed by atoms with van der Waals surface area (Å²) in [7, 11) is 0. The number of carbonyl (C=O) groups excluding carboxylic acids is 2. The number of nitrogens with two attached hydrogens (primary N) is 1. The van der Waals surface area contributed by atoms with Gasteiger partial charge in [-0.2, -0.15) is 5.10 Å². The van der Waals surface area contributed by atoms with Gasteiger partial charge in [0.2, 0.25) is 0 Å². The largest absolute Gasteiger partial charge is 0.350 e. The number of urea groups is 1. The minimum atomic E-state index is -0.719. The molecule has 2 aliphatic rings. The third-order valence-corrected chi connectivity index (χ3v) is 4.92. The fourth-order valence-electron chi connectivity index (χ4n) is 3.77. The van der Waals surface area contributed by atoms with E-state index in [9.17, 15) is 9.59 Å². The zero-order valence-electron chi connectivity index (χ0n) is 14.4. The van der Waals surface area contributed by atoms with Gasteiger partial charge in [-0.15, -0.1) is 0 Å². The fourth-order valence-corrected chi connectivity index (χ4v) is 3.77. The first-order valence-electron chi connectivity index (χ1n) is 8.82. The number of piperidine rings is 1. The van der Waals surface area contributed by atoms with E-state index in [0.717, 1.165) is 48.2 Å². The van der Waals surface area contributed by atoms with E-state index in [0.29, 0.717) is 11.3 Å². The number of hydrogen-bond donors (Lipinski definition) is 2. The van der Waals surface area contributed by atoms with Crippen LogP contribution in [0.2, 0.25) is 0 Å². The van der Waals surface area contributed by atoms with Crippen molar-refractivity contribution in [2.45, 2.75) is 19.3 Å². The highest BCUT2D eigenvalue weighted by atomic mass is 16.2. The minimum absolute atomic E-state index is 0.0560. The van der Waals surface area contributed by atoms with E-state index in [2.05, 4.69) is 10.5 Å². The first-order chi connectivity index (χ1) is 12.7. The lowest BCUT2D eigenvalue weighted by atomic mass is 9.98. The topological polar surface area (TPSA) is 87.8 Å². The van der Waals surface area contributed by atoms with Crippen LogP contribution in [0.4, 0.5) is 4.79 Å². The molecule has 2 aromatic carbocycles. The molecule has 3 amide bonds. The standard InChI is InChI=1S/C20H20N4O2/c21-20(26)23-22-18-14-8-3-2-7-13(14)17-15(18)9-6-10-16(17)19(25)24-11-4-1-5-12-24/h2-3,6-10H,1,4-5,11-12H2,(H3,21,23,26). The summed E-state index contributed by atoms with van der Waals surface area (Å²) in [5.74, 6) is 0.0560. The number of carbonyl (C=O) groups is 2. The molecule has 1 aliphatic carbocycles. The molecule has 26 heavy (non-hydrogen) atoms. The number of nitrogens with zero attached hydrogens (tertiary/aromatic N) is 2. The molecule has 0 radical (unpaired) electrons. The van der Waals surface area contributed by atoms with E-state index >= 15 is 0 Å². The second-order valence-corrected chi connectivity index (χ2v) is 6.56. The molecule has 6 nitrogen and oxygen atoms in total. The van der Waals surface area contributed by atoms with Crippen molar-refractivity contribution in [3.05, 3.63) is 59.2 Å². The molecule has 0 atom stereocenters. The van der Waals surface area contributed by atoms with Gasteiger partial charge >= 0.3 is 6.03 Å². The van der Waals surface area contributed by atoms with E-state index < -0.39 is 6.03 Å². The van der Waals surface area contributed by atoms with Crippen LogP contribution in [-0.2, 0) is 0 Å². The second kappa shape index (κ2) is 6.63. The van der Waals surface area contributed by atoms with Crippen molar-refractivity contribution in [1.82, 2.24) is 10.3 Å². The van der Waals surface area contributed by atoms with Crippen molar-refractivity contribution >= 4 is 17.6 Å². The van der Waals surface area contributed by atoms with Crippen molar-refractivity contribution < 1.29 is 9.59 Å². The van der Waals surface area contributed by atoms with Gasteiger partial charge in [0.15, 0.2) is 0 Å². The quantitative estimate of drug-likeness (QED) is 0.698. The molecule has 0 spiro atoms. The van der Waals surface area contributed by atoms with Crippen LogP contribution in [0.3, 0.4) is 0 Å². The normalized spacial score (nSPS) is 16.9. The maximum atomic E-state index is 13.1. The molecule has 6 heteroatoms. The highest BCUT2D eigenvalue weighted by molar-refractivity contribution is 6.27. The first-order valence-corrected chi connectivity index (χ1v) is 8.82. The number of hydrazone groups is 1. The van der Waals surface area contributed by atoms with E-state index in [1.54, 1.807) is 0 Å². The number of hydrogen-bond acceptors (Lipinski definition) is 3. The Kier molecular flexibility index (Phi) is 4.16. The predicted octanol–water partition coefficient (Wildman–Crippen LogP) is 2.71. The molecule has 2 aromatic rings. The summed E-state index contributed by atoms with van der Waals surface area (Å²) in [5.41, 5.74) is 12.3. The lowest BCUT2D eigenvalue weighted by Gasteiger charge is -2.27. The molecule has 1 heterocycles. The summed E-state index contributed by atoms with van der Waals surface area (Å²) in [4.78, 5) is 26.2. The summed E-state index contributed by atoms with van der Waals surface area (Å²) in [5, 5.41) is 4.19. The number of primary amides is 1. The molecule has 0 saturated carbocycles. The van der Waals surface area contributed by atoms with Gasteiger partial charge in [0.25, 0.3) is 5.91 Å². The van der Waals surface area contributed by atoms with E-state index in [4.69, 9.17) is 5.73 Å². The summed E-state index contributed by atoms with van der Waals surface area (Å²) < 4.78 is 0. The lowest BCUT2D eigenvalue weighted by molar-refractivity contribution is 0.0725. The Balaban J connectivity index is 1.84. The molecule has 0 aromatic heterocycles. The third kappa shape index (κ3) is 2.73. The number of nitrogens with one attached hydrogen (secondary N) is 1. The third-order valence-electron chi connectivity index (χ3n) is 4.92. The molecule has 1 saturated heterocycles. The Morgan fingerprint density at radius 3 is 2.35 bits per heavy atom. The molecule has 132 valence electrons. The minimum Gasteiger partial charge on any atom is -0.350 e. The highest BCUT2D eigenvalue weighted by Gasteiger charge is 2.30. The Bertz CT molecular complexity index is 914. The summed E-state index contributed by atoms with van der Waals surface area (Å²) in [6.45, 7) is 1.60.